The average Bonchev–Trinajstić information content (AvgIpc) is 3.32. The summed E-state index contributed by atoms with van der Waals surface area (Å²) in [5.74, 6) is -0.731. The summed E-state index contributed by atoms with van der Waals surface area (Å²) in [6, 6.07) is 2.98. The molecule has 32 heavy (non-hydrogen) atoms. The van der Waals surface area contributed by atoms with Crippen LogP contribution in [-0.4, -0.2) is 70.8 Å². The monoisotopic (exact) mass is 511 g/mol. The van der Waals surface area contributed by atoms with Crippen LogP contribution < -0.4 is 16.0 Å². The Labute approximate surface area is 193 Å². The minimum atomic E-state index is -1.18. The number of alkyl carbamates (subject to hydrolysis) is 1. The first kappa shape index (κ1) is 23.8. The molecule has 1 aromatic heterocycles. The zero-order chi connectivity index (χ0) is 23.6. The summed E-state index contributed by atoms with van der Waals surface area (Å²) < 4.78 is 5.11. The van der Waals surface area contributed by atoms with Crippen molar-refractivity contribution in [2.24, 2.45) is 11.3 Å². The molecule has 0 aromatic carbocycles. The molecular weight excluding hydrogens is 486 g/mol. The van der Waals surface area contributed by atoms with E-state index in [0.717, 1.165) is 4.90 Å². The third kappa shape index (κ3) is 4.95. The van der Waals surface area contributed by atoms with Crippen LogP contribution in [0.4, 0.5) is 15.4 Å². The van der Waals surface area contributed by atoms with Crippen LogP contribution in [0.3, 0.4) is 0 Å². The van der Waals surface area contributed by atoms with Gasteiger partial charge in [-0.05, 0) is 46.8 Å². The summed E-state index contributed by atoms with van der Waals surface area (Å²) in [4.78, 5) is 54.2. The number of halogens is 1. The average molecular weight is 512 g/mol. The van der Waals surface area contributed by atoms with Gasteiger partial charge in [0, 0.05) is 18.0 Å². The van der Waals surface area contributed by atoms with Crippen molar-refractivity contribution in [1.29, 1.82) is 0 Å². The van der Waals surface area contributed by atoms with Gasteiger partial charge in [-0.15, -0.1) is 0 Å². The number of methoxy groups -OCH3 is 1. The molecule has 4 unspecified atom stereocenters. The summed E-state index contributed by atoms with van der Waals surface area (Å²) >= 11 is 3.23. The number of likely N-dealkylation sites (tertiary alicyclic amines) is 1. The highest BCUT2D eigenvalue weighted by Gasteiger charge is 2.67. The van der Waals surface area contributed by atoms with Gasteiger partial charge in [0.2, 0.25) is 11.8 Å². The van der Waals surface area contributed by atoms with E-state index < -0.39 is 41.5 Å². The molecule has 3 rings (SSSR count). The number of fused-ring (bicyclic) bond motifs is 1. The van der Waals surface area contributed by atoms with E-state index in [9.17, 15) is 24.3 Å². The molecule has 1 saturated carbocycles. The summed E-state index contributed by atoms with van der Waals surface area (Å²) in [6.07, 6.45) is -1.07. The van der Waals surface area contributed by atoms with Crippen molar-refractivity contribution in [3.05, 3.63) is 22.8 Å². The topological polar surface area (TPSA) is 150 Å². The third-order valence-electron chi connectivity index (χ3n) is 5.93. The van der Waals surface area contributed by atoms with E-state index >= 15 is 0 Å². The van der Waals surface area contributed by atoms with Crippen LogP contribution in [0.1, 0.15) is 26.7 Å². The number of carbonyl (C=O) groups is 4. The van der Waals surface area contributed by atoms with Crippen LogP contribution in [0, 0.1) is 11.3 Å². The van der Waals surface area contributed by atoms with Crippen molar-refractivity contribution in [1.82, 2.24) is 20.5 Å². The lowest BCUT2D eigenvalue weighted by Crippen LogP contribution is -2.50. The summed E-state index contributed by atoms with van der Waals surface area (Å²) in [7, 11) is 1.21. The Morgan fingerprint density at radius 3 is 2.62 bits per heavy atom. The van der Waals surface area contributed by atoms with Crippen molar-refractivity contribution in [3.63, 3.8) is 0 Å². The third-order valence-corrected chi connectivity index (χ3v) is 6.37. The van der Waals surface area contributed by atoms with Crippen LogP contribution in [-0.2, 0) is 14.3 Å². The second-order valence-electron chi connectivity index (χ2n) is 8.40. The maximum Gasteiger partial charge on any atom is 0.408 e. The van der Waals surface area contributed by atoms with E-state index in [0.29, 0.717) is 16.8 Å². The summed E-state index contributed by atoms with van der Waals surface area (Å²) in [5, 5.41) is 17.7. The fraction of sp³-hybridized carbons (Fsp3) is 0.550. The van der Waals surface area contributed by atoms with E-state index in [1.165, 1.54) is 7.11 Å². The van der Waals surface area contributed by atoms with Gasteiger partial charge in [0.15, 0.2) is 0 Å². The number of anilines is 1. The lowest BCUT2D eigenvalue weighted by molar-refractivity contribution is -0.124. The fourth-order valence-corrected chi connectivity index (χ4v) is 4.51. The lowest BCUT2D eigenvalue weighted by Gasteiger charge is -2.24. The molecule has 0 radical (unpaired) electrons. The number of rotatable bonds is 7. The van der Waals surface area contributed by atoms with Crippen molar-refractivity contribution < 1.29 is 29.0 Å². The highest BCUT2D eigenvalue weighted by molar-refractivity contribution is 9.10. The van der Waals surface area contributed by atoms with Gasteiger partial charge in [-0.2, -0.15) is 0 Å². The Bertz CT molecular complexity index is 927. The Kier molecular flexibility index (Phi) is 6.91. The maximum absolute atomic E-state index is 12.8. The molecule has 0 spiro atoms. The molecule has 4 amide bonds. The highest BCUT2D eigenvalue weighted by Crippen LogP contribution is 2.59. The fourth-order valence-electron chi connectivity index (χ4n) is 4.17. The molecule has 2 fully saturated rings. The molecule has 11 nitrogen and oxygen atoms in total. The predicted octanol–water partition coefficient (Wildman–Crippen LogP) is 1.79. The number of piperidine rings is 1. The molecule has 1 saturated heterocycles. The van der Waals surface area contributed by atoms with Crippen LogP contribution in [0.25, 0.3) is 0 Å². The largest absolute Gasteiger partial charge is 0.465 e. The van der Waals surface area contributed by atoms with Gasteiger partial charge in [0.1, 0.15) is 22.5 Å². The molecule has 174 valence electrons. The second-order valence-corrected chi connectivity index (χ2v) is 9.21. The van der Waals surface area contributed by atoms with Crippen molar-refractivity contribution in [2.45, 2.75) is 44.8 Å². The molecule has 4 N–H and O–H groups in total. The zero-order valence-electron chi connectivity index (χ0n) is 17.9. The first-order valence-electron chi connectivity index (χ1n) is 10.1. The van der Waals surface area contributed by atoms with Gasteiger partial charge in [0.25, 0.3) is 0 Å². The van der Waals surface area contributed by atoms with Gasteiger partial charge in [-0.1, -0.05) is 19.9 Å². The Morgan fingerprint density at radius 2 is 2.03 bits per heavy atom. The summed E-state index contributed by atoms with van der Waals surface area (Å²) in [5.41, 5.74) is -0.520. The van der Waals surface area contributed by atoms with E-state index in [2.05, 4.69) is 41.6 Å². The minimum Gasteiger partial charge on any atom is -0.465 e. The number of hydrogen-bond acceptors (Lipinski definition) is 6. The van der Waals surface area contributed by atoms with Crippen molar-refractivity contribution in [3.8, 4) is 0 Å². The number of hydrogen-bond donors (Lipinski definition) is 4. The van der Waals surface area contributed by atoms with E-state index in [1.54, 1.807) is 32.0 Å². The van der Waals surface area contributed by atoms with Crippen LogP contribution in [0.2, 0.25) is 0 Å². The zero-order valence-corrected chi connectivity index (χ0v) is 19.5. The minimum absolute atomic E-state index is 0.183. The number of carbonyl (C=O) groups excluding carboxylic acids is 3. The Balaban J connectivity index is 1.66. The molecule has 2 heterocycles. The quantitative estimate of drug-likeness (QED) is 0.407. The molecule has 0 bridgehead atoms. The second kappa shape index (κ2) is 9.31. The molecule has 2 aliphatic rings. The first-order valence-corrected chi connectivity index (χ1v) is 10.9. The van der Waals surface area contributed by atoms with Crippen LogP contribution >= 0.6 is 15.9 Å². The number of pyridine rings is 1. The number of nitrogens with zero attached hydrogens (tertiary/aromatic N) is 2. The van der Waals surface area contributed by atoms with E-state index in [-0.39, 0.29) is 24.9 Å². The molecular formula is C20H26BrN5O6. The normalized spacial score (nSPS) is 24.3. The first-order chi connectivity index (χ1) is 15.1. The molecule has 12 heteroatoms. The number of carboxylic acid groups (broad SMARTS) is 1. The number of ether oxygens (including phenoxy) is 1. The van der Waals surface area contributed by atoms with Crippen LogP contribution in [0.15, 0.2) is 22.8 Å². The Hall–Kier alpha value is -2.89. The van der Waals surface area contributed by atoms with Crippen molar-refractivity contribution in [2.75, 3.05) is 19.0 Å². The van der Waals surface area contributed by atoms with Gasteiger partial charge < -0.3 is 25.8 Å². The molecule has 1 aromatic rings. The number of nitrogens with one attached hydrogen (secondary N) is 3. The maximum atomic E-state index is 12.8. The SMILES string of the molecule is COC(=O)NC(C(=O)NCC12CC(C(=O)Nc3cccc(Br)n3)N(C(=O)O)C1C2)C(C)C. The van der Waals surface area contributed by atoms with Gasteiger partial charge in [-0.3, -0.25) is 14.5 Å². The summed E-state index contributed by atoms with van der Waals surface area (Å²) in [6.45, 7) is 3.78. The van der Waals surface area contributed by atoms with Gasteiger partial charge in [0.05, 0.1) is 7.11 Å². The standard InChI is InChI=1S/C20H26BrN5O6/c1-10(2)15(25-18(29)32-3)17(28)22-9-20-7-11(26(19(30)31)12(20)8-20)16(27)24-14-6-4-5-13(21)23-14/h4-6,10-12,15H,7-9H2,1-3H3,(H,22,28)(H,25,29)(H,30,31)(H,23,24,27). The number of amides is 4. The van der Waals surface area contributed by atoms with E-state index in [1.807, 2.05) is 0 Å². The Morgan fingerprint density at radius 1 is 1.31 bits per heavy atom. The van der Waals surface area contributed by atoms with Gasteiger partial charge >= 0.3 is 12.2 Å². The smallest absolute Gasteiger partial charge is 0.408 e. The molecule has 4 atom stereocenters. The van der Waals surface area contributed by atoms with Crippen molar-refractivity contribution >= 4 is 45.7 Å². The van der Waals surface area contributed by atoms with Gasteiger partial charge in [-0.25, -0.2) is 14.6 Å². The number of aromatic nitrogens is 1. The lowest BCUT2D eigenvalue weighted by atomic mass is 9.98. The molecule has 1 aliphatic carbocycles. The highest BCUT2D eigenvalue weighted by atomic mass is 79.9. The molecule has 1 aliphatic heterocycles. The predicted molar refractivity (Wildman–Crippen MR) is 117 cm³/mol. The van der Waals surface area contributed by atoms with E-state index in [4.69, 9.17) is 0 Å². The van der Waals surface area contributed by atoms with Crippen LogP contribution in [0.5, 0.6) is 0 Å².